The van der Waals surface area contributed by atoms with Crippen LogP contribution in [-0.2, 0) is 0 Å². The lowest BCUT2D eigenvalue weighted by Gasteiger charge is -1.96. The van der Waals surface area contributed by atoms with Gasteiger partial charge in [0.05, 0.1) is 18.4 Å². The largest absolute Gasteiger partial charge is 0.293 e. The Labute approximate surface area is 97.9 Å². The number of allylic oxidation sites excluding steroid dienone is 1. The number of aliphatic imine (C=N–C) groups is 1. The number of thioether (sulfide) groups is 1. The highest BCUT2D eigenvalue weighted by Crippen LogP contribution is 2.30. The van der Waals surface area contributed by atoms with Crippen molar-refractivity contribution < 1.29 is 0 Å². The van der Waals surface area contributed by atoms with E-state index < -0.39 is 0 Å². The predicted molar refractivity (Wildman–Crippen MR) is 64.7 cm³/mol. The maximum Gasteiger partial charge on any atom is 0.293 e. The molecular formula is C12H7N3S. The zero-order valence-corrected chi connectivity index (χ0v) is 9.16. The monoisotopic (exact) mass is 225 g/mol. The average molecular weight is 225 g/mol. The van der Waals surface area contributed by atoms with Crippen LogP contribution in [0.3, 0.4) is 0 Å². The van der Waals surface area contributed by atoms with Crippen molar-refractivity contribution in [2.75, 3.05) is 5.75 Å². The van der Waals surface area contributed by atoms with Gasteiger partial charge in [-0.05, 0) is 5.56 Å². The summed E-state index contributed by atoms with van der Waals surface area (Å²) in [5.74, 6) is 0.722. The van der Waals surface area contributed by atoms with Crippen molar-refractivity contribution in [3.63, 3.8) is 0 Å². The molecule has 4 heteroatoms. The molecule has 2 rings (SSSR count). The van der Waals surface area contributed by atoms with E-state index in [1.165, 1.54) is 11.8 Å². The van der Waals surface area contributed by atoms with E-state index in [0.29, 0.717) is 5.03 Å². The van der Waals surface area contributed by atoms with E-state index in [2.05, 4.69) is 9.84 Å². The van der Waals surface area contributed by atoms with Crippen LogP contribution in [0.4, 0.5) is 0 Å². The van der Waals surface area contributed by atoms with Gasteiger partial charge in [-0.3, -0.25) is 4.99 Å². The first-order valence-corrected chi connectivity index (χ1v) is 5.61. The molecule has 0 spiro atoms. The Morgan fingerprint density at radius 3 is 2.81 bits per heavy atom. The van der Waals surface area contributed by atoms with Gasteiger partial charge in [0.25, 0.3) is 5.70 Å². The maximum absolute atomic E-state index is 8.74. The van der Waals surface area contributed by atoms with Crippen molar-refractivity contribution in [3.8, 4) is 6.07 Å². The molecule has 0 aromatic heterocycles. The van der Waals surface area contributed by atoms with Gasteiger partial charge in [0.1, 0.15) is 5.03 Å². The van der Waals surface area contributed by atoms with Gasteiger partial charge >= 0.3 is 0 Å². The zero-order chi connectivity index (χ0) is 11.4. The fourth-order valence-corrected chi connectivity index (χ4v) is 2.25. The second-order valence-electron chi connectivity index (χ2n) is 3.09. The summed E-state index contributed by atoms with van der Waals surface area (Å²) in [7, 11) is 0. The molecule has 76 valence electrons. The molecule has 0 N–H and O–H groups in total. The molecule has 0 unspecified atom stereocenters. The van der Waals surface area contributed by atoms with E-state index in [4.69, 9.17) is 11.8 Å². The predicted octanol–water partition coefficient (Wildman–Crippen LogP) is 2.83. The van der Waals surface area contributed by atoms with Crippen molar-refractivity contribution in [3.05, 3.63) is 58.0 Å². The van der Waals surface area contributed by atoms with Gasteiger partial charge < -0.3 is 0 Å². The molecule has 1 aromatic carbocycles. The third-order valence-corrected chi connectivity index (χ3v) is 3.09. The van der Waals surface area contributed by atoms with Gasteiger partial charge in [-0.2, -0.15) is 0 Å². The van der Waals surface area contributed by atoms with Crippen LogP contribution < -0.4 is 0 Å². The van der Waals surface area contributed by atoms with Crippen LogP contribution in [0.5, 0.6) is 0 Å². The lowest BCUT2D eigenvalue weighted by molar-refractivity contribution is 1.43. The normalized spacial score (nSPS) is 17.2. The molecule has 0 bridgehead atoms. The smallest absolute Gasteiger partial charge is 0.256 e. The first-order chi connectivity index (χ1) is 7.85. The van der Waals surface area contributed by atoms with Crippen LogP contribution in [0, 0.1) is 17.9 Å². The van der Waals surface area contributed by atoms with Crippen molar-refractivity contribution in [1.29, 1.82) is 5.26 Å². The van der Waals surface area contributed by atoms with Gasteiger partial charge in [0, 0.05) is 5.75 Å². The quantitative estimate of drug-likeness (QED) is 0.544. The molecule has 1 aromatic rings. The second kappa shape index (κ2) is 4.65. The second-order valence-corrected chi connectivity index (χ2v) is 4.05. The number of benzene rings is 1. The SMILES string of the molecule is [C-]#[N+]/C(C#N)=C1/N=C(c2ccccc2)CS1. The van der Waals surface area contributed by atoms with Gasteiger partial charge in [0.15, 0.2) is 0 Å². The summed E-state index contributed by atoms with van der Waals surface area (Å²) in [6, 6.07) is 11.7. The number of hydrogen-bond acceptors (Lipinski definition) is 3. The molecule has 1 aliphatic rings. The Morgan fingerprint density at radius 2 is 2.19 bits per heavy atom. The van der Waals surface area contributed by atoms with Gasteiger partial charge in [0.2, 0.25) is 0 Å². The Kier molecular flexibility index (Phi) is 3.05. The Morgan fingerprint density at radius 1 is 1.44 bits per heavy atom. The number of nitrogens with zero attached hydrogens (tertiary/aromatic N) is 3. The van der Waals surface area contributed by atoms with Crippen molar-refractivity contribution in [2.45, 2.75) is 0 Å². The van der Waals surface area contributed by atoms with E-state index in [1.54, 1.807) is 0 Å². The molecule has 1 heterocycles. The van der Waals surface area contributed by atoms with E-state index in [1.807, 2.05) is 36.4 Å². The molecule has 0 atom stereocenters. The van der Waals surface area contributed by atoms with Crippen LogP contribution in [0.2, 0.25) is 0 Å². The van der Waals surface area contributed by atoms with E-state index in [9.17, 15) is 0 Å². The molecule has 1 aliphatic heterocycles. The highest BCUT2D eigenvalue weighted by Gasteiger charge is 2.17. The molecule has 0 saturated heterocycles. The summed E-state index contributed by atoms with van der Waals surface area (Å²) < 4.78 is 0. The lowest BCUT2D eigenvalue weighted by Crippen LogP contribution is -1.98. The standard InChI is InChI=1S/C12H7N3S/c1-14-10(7-13)12-15-11(8-16-12)9-5-3-2-4-6-9/h2-6H,8H2/b12-10-. The van der Waals surface area contributed by atoms with Crippen molar-refractivity contribution in [2.24, 2.45) is 4.99 Å². The highest BCUT2D eigenvalue weighted by molar-refractivity contribution is 8.04. The first kappa shape index (κ1) is 10.5. The molecule has 0 fully saturated rings. The summed E-state index contributed by atoms with van der Waals surface area (Å²) in [5.41, 5.74) is 2.06. The number of rotatable bonds is 1. The summed E-state index contributed by atoms with van der Waals surface area (Å²) in [4.78, 5) is 7.48. The summed E-state index contributed by atoms with van der Waals surface area (Å²) in [6.45, 7) is 6.86. The fraction of sp³-hybridized carbons (Fsp3) is 0.0833. The summed E-state index contributed by atoms with van der Waals surface area (Å²) in [5, 5.41) is 9.28. The molecule has 3 nitrogen and oxygen atoms in total. The van der Waals surface area contributed by atoms with Gasteiger partial charge in [-0.15, -0.1) is 11.8 Å². The molecule has 0 aliphatic carbocycles. The minimum absolute atomic E-state index is 0.0796. The minimum atomic E-state index is 0.0796. The minimum Gasteiger partial charge on any atom is -0.256 e. The van der Waals surface area contributed by atoms with Crippen LogP contribution in [0.25, 0.3) is 4.85 Å². The third kappa shape index (κ3) is 1.98. The van der Waals surface area contributed by atoms with Crippen LogP contribution >= 0.6 is 11.8 Å². The summed E-state index contributed by atoms with van der Waals surface area (Å²) in [6.07, 6.45) is 0. The average Bonchev–Trinajstić information content (AvgIpc) is 2.81. The fourth-order valence-electron chi connectivity index (χ4n) is 1.34. The molecule has 0 saturated carbocycles. The van der Waals surface area contributed by atoms with Crippen LogP contribution in [0.1, 0.15) is 5.56 Å². The Bertz CT molecular complexity index is 528. The zero-order valence-electron chi connectivity index (χ0n) is 8.34. The topological polar surface area (TPSA) is 40.5 Å². The van der Waals surface area contributed by atoms with Crippen molar-refractivity contribution in [1.82, 2.24) is 0 Å². The van der Waals surface area contributed by atoms with Gasteiger partial charge in [-0.1, -0.05) is 30.3 Å². The Hall–Kier alpha value is -2.04. The molecular weight excluding hydrogens is 218 g/mol. The van der Waals surface area contributed by atoms with Crippen LogP contribution in [0.15, 0.2) is 46.1 Å². The molecule has 0 radical (unpaired) electrons. The third-order valence-electron chi connectivity index (χ3n) is 2.11. The lowest BCUT2D eigenvalue weighted by atomic mass is 10.1. The molecule has 16 heavy (non-hydrogen) atoms. The maximum atomic E-state index is 8.74. The molecule has 0 amide bonds. The van der Waals surface area contributed by atoms with Crippen LogP contribution in [-0.4, -0.2) is 11.5 Å². The van der Waals surface area contributed by atoms with Crippen molar-refractivity contribution >= 4 is 17.5 Å². The summed E-state index contributed by atoms with van der Waals surface area (Å²) >= 11 is 1.44. The number of hydrogen-bond donors (Lipinski definition) is 0. The first-order valence-electron chi connectivity index (χ1n) is 4.63. The van der Waals surface area contributed by atoms with E-state index in [0.717, 1.165) is 17.0 Å². The number of nitriles is 1. The van der Waals surface area contributed by atoms with E-state index in [-0.39, 0.29) is 5.70 Å². The highest BCUT2D eigenvalue weighted by atomic mass is 32.2. The Balaban J connectivity index is 2.37. The van der Waals surface area contributed by atoms with E-state index >= 15 is 0 Å². The van der Waals surface area contributed by atoms with Gasteiger partial charge in [-0.25, -0.2) is 10.1 Å².